The molecule has 4 nitrogen and oxygen atoms in total. The van der Waals surface area contributed by atoms with Crippen molar-refractivity contribution < 1.29 is 4.79 Å². The highest BCUT2D eigenvalue weighted by Crippen LogP contribution is 2.35. The number of hydrogen-bond donors (Lipinski definition) is 2. The average Bonchev–Trinajstić information content (AvgIpc) is 2.46. The van der Waals surface area contributed by atoms with E-state index in [0.29, 0.717) is 12.6 Å². The van der Waals surface area contributed by atoms with Gasteiger partial charge in [-0.25, -0.2) is 0 Å². The van der Waals surface area contributed by atoms with E-state index in [-0.39, 0.29) is 11.3 Å². The molecule has 1 heterocycles. The lowest BCUT2D eigenvalue weighted by atomic mass is 9.73. The molecule has 0 bridgehead atoms. The zero-order valence-electron chi connectivity index (χ0n) is 12.3. The zero-order valence-corrected chi connectivity index (χ0v) is 12.3. The summed E-state index contributed by atoms with van der Waals surface area (Å²) in [6.45, 7) is 2.44. The van der Waals surface area contributed by atoms with Gasteiger partial charge in [-0.1, -0.05) is 25.7 Å². The van der Waals surface area contributed by atoms with Crippen LogP contribution in [0.25, 0.3) is 0 Å². The molecule has 4 heteroatoms. The Morgan fingerprint density at radius 1 is 1.26 bits per heavy atom. The molecular weight excluding hydrogens is 238 g/mol. The van der Waals surface area contributed by atoms with Gasteiger partial charge in [0.1, 0.15) is 0 Å². The smallest absolute Gasteiger partial charge is 0.227 e. The normalized spacial score (nSPS) is 28.0. The van der Waals surface area contributed by atoms with Gasteiger partial charge >= 0.3 is 0 Å². The van der Waals surface area contributed by atoms with Crippen LogP contribution in [0.1, 0.15) is 51.4 Å². The molecule has 3 N–H and O–H groups in total. The molecule has 1 amide bonds. The fourth-order valence-electron chi connectivity index (χ4n) is 3.55. The van der Waals surface area contributed by atoms with Crippen LogP contribution in [-0.2, 0) is 4.79 Å². The number of nitrogens with two attached hydrogens (primary N) is 1. The Labute approximate surface area is 117 Å². The van der Waals surface area contributed by atoms with Gasteiger partial charge in [-0.05, 0) is 39.3 Å². The topological polar surface area (TPSA) is 58.4 Å². The minimum absolute atomic E-state index is 0.202. The van der Waals surface area contributed by atoms with E-state index in [0.717, 1.165) is 38.8 Å². The van der Waals surface area contributed by atoms with E-state index in [1.165, 1.54) is 25.7 Å². The van der Waals surface area contributed by atoms with Gasteiger partial charge in [0.15, 0.2) is 0 Å². The molecule has 1 aliphatic heterocycles. The molecule has 1 saturated heterocycles. The van der Waals surface area contributed by atoms with Crippen molar-refractivity contribution in [1.29, 1.82) is 0 Å². The van der Waals surface area contributed by atoms with Crippen LogP contribution in [0.3, 0.4) is 0 Å². The molecule has 0 aromatic rings. The summed E-state index contributed by atoms with van der Waals surface area (Å²) in [5, 5.41) is 3.18. The number of likely N-dealkylation sites (tertiary alicyclic amines) is 1. The van der Waals surface area contributed by atoms with Crippen LogP contribution in [0.15, 0.2) is 0 Å². The van der Waals surface area contributed by atoms with Crippen LogP contribution in [0, 0.1) is 5.41 Å². The summed E-state index contributed by atoms with van der Waals surface area (Å²) >= 11 is 0. The lowest BCUT2D eigenvalue weighted by Crippen LogP contribution is -2.51. The van der Waals surface area contributed by atoms with Gasteiger partial charge in [0.05, 0.1) is 5.41 Å². The summed E-state index contributed by atoms with van der Waals surface area (Å²) in [5.74, 6) is 0.202. The van der Waals surface area contributed by atoms with Gasteiger partial charge in [0.25, 0.3) is 0 Å². The van der Waals surface area contributed by atoms with Crippen molar-refractivity contribution in [3.8, 4) is 0 Å². The van der Waals surface area contributed by atoms with Crippen LogP contribution in [-0.4, -0.2) is 43.5 Å². The van der Waals surface area contributed by atoms with E-state index in [9.17, 15) is 4.79 Å². The predicted molar refractivity (Wildman–Crippen MR) is 77.9 cm³/mol. The molecule has 0 spiro atoms. The predicted octanol–water partition coefficient (Wildman–Crippen LogP) is 1.50. The number of carbonyl (C=O) groups excluding carboxylic acids is 1. The molecule has 19 heavy (non-hydrogen) atoms. The zero-order chi connectivity index (χ0) is 13.7. The standard InChI is InChI=1S/C15H29N3O/c1-18-10-6-3-7-13(18)11-17-14(19)15(12-16)8-4-2-5-9-15/h13H,2-12,16H2,1H3,(H,17,19). The molecular formula is C15H29N3O. The van der Waals surface area contributed by atoms with Crippen LogP contribution >= 0.6 is 0 Å². The number of hydrogen-bond acceptors (Lipinski definition) is 3. The molecule has 0 aromatic heterocycles. The summed E-state index contributed by atoms with van der Waals surface area (Å²) in [7, 11) is 2.16. The largest absolute Gasteiger partial charge is 0.354 e. The highest BCUT2D eigenvalue weighted by Gasteiger charge is 2.38. The molecule has 1 saturated carbocycles. The maximum absolute atomic E-state index is 12.5. The highest BCUT2D eigenvalue weighted by atomic mass is 16.2. The first kappa shape index (κ1) is 14.8. The second-order valence-electron chi connectivity index (χ2n) is 6.39. The minimum atomic E-state index is -0.272. The number of nitrogens with one attached hydrogen (secondary N) is 1. The van der Waals surface area contributed by atoms with Gasteiger partial charge in [0, 0.05) is 19.1 Å². The molecule has 2 fully saturated rings. The maximum atomic E-state index is 12.5. The third kappa shape index (κ3) is 3.48. The Balaban J connectivity index is 1.85. The fourth-order valence-corrected chi connectivity index (χ4v) is 3.55. The SMILES string of the molecule is CN1CCCCC1CNC(=O)C1(CN)CCCCC1. The quantitative estimate of drug-likeness (QED) is 0.811. The molecule has 1 atom stereocenters. The lowest BCUT2D eigenvalue weighted by molar-refractivity contribution is -0.132. The van der Waals surface area contributed by atoms with Gasteiger partial charge in [-0.3, -0.25) is 4.79 Å². The fraction of sp³-hybridized carbons (Fsp3) is 0.933. The summed E-state index contributed by atoms with van der Waals surface area (Å²) in [5.41, 5.74) is 5.63. The molecule has 2 aliphatic rings. The Morgan fingerprint density at radius 2 is 2.00 bits per heavy atom. The van der Waals surface area contributed by atoms with Crippen LogP contribution < -0.4 is 11.1 Å². The first-order valence-electron chi connectivity index (χ1n) is 7.86. The Kier molecular flexibility index (Phi) is 5.22. The second-order valence-corrected chi connectivity index (χ2v) is 6.39. The van der Waals surface area contributed by atoms with E-state index in [1.54, 1.807) is 0 Å². The Morgan fingerprint density at radius 3 is 2.63 bits per heavy atom. The molecule has 110 valence electrons. The minimum Gasteiger partial charge on any atom is -0.354 e. The van der Waals surface area contributed by atoms with Crippen LogP contribution in [0.4, 0.5) is 0 Å². The summed E-state index contributed by atoms with van der Waals surface area (Å²) in [4.78, 5) is 14.9. The van der Waals surface area contributed by atoms with E-state index < -0.39 is 0 Å². The summed E-state index contributed by atoms with van der Waals surface area (Å²) in [6.07, 6.45) is 9.25. The third-order valence-electron chi connectivity index (χ3n) is 5.10. The van der Waals surface area contributed by atoms with Crippen molar-refractivity contribution in [2.75, 3.05) is 26.7 Å². The second kappa shape index (κ2) is 6.71. The van der Waals surface area contributed by atoms with Gasteiger partial charge in [-0.2, -0.15) is 0 Å². The van der Waals surface area contributed by atoms with E-state index >= 15 is 0 Å². The third-order valence-corrected chi connectivity index (χ3v) is 5.10. The number of carbonyl (C=O) groups is 1. The van der Waals surface area contributed by atoms with Gasteiger partial charge in [0.2, 0.25) is 5.91 Å². The van der Waals surface area contributed by atoms with Crippen molar-refractivity contribution in [2.45, 2.75) is 57.4 Å². The molecule has 1 aliphatic carbocycles. The number of nitrogens with zero attached hydrogens (tertiary/aromatic N) is 1. The van der Waals surface area contributed by atoms with Crippen molar-refractivity contribution in [3.05, 3.63) is 0 Å². The molecule has 0 aromatic carbocycles. The van der Waals surface area contributed by atoms with Crippen molar-refractivity contribution >= 4 is 5.91 Å². The first-order chi connectivity index (χ1) is 9.18. The van der Waals surface area contributed by atoms with E-state index in [1.807, 2.05) is 0 Å². The number of rotatable bonds is 4. The van der Waals surface area contributed by atoms with Crippen molar-refractivity contribution in [1.82, 2.24) is 10.2 Å². The summed E-state index contributed by atoms with van der Waals surface area (Å²) < 4.78 is 0. The monoisotopic (exact) mass is 267 g/mol. The summed E-state index contributed by atoms with van der Waals surface area (Å²) in [6, 6.07) is 0.510. The van der Waals surface area contributed by atoms with E-state index in [2.05, 4.69) is 17.3 Å². The maximum Gasteiger partial charge on any atom is 0.227 e. The molecule has 0 radical (unpaired) electrons. The van der Waals surface area contributed by atoms with Crippen LogP contribution in [0.5, 0.6) is 0 Å². The lowest BCUT2D eigenvalue weighted by Gasteiger charge is -2.37. The Hall–Kier alpha value is -0.610. The van der Waals surface area contributed by atoms with Crippen LogP contribution in [0.2, 0.25) is 0 Å². The Bertz CT molecular complexity index is 300. The molecule has 1 unspecified atom stereocenters. The number of amides is 1. The highest BCUT2D eigenvalue weighted by molar-refractivity contribution is 5.83. The molecule has 2 rings (SSSR count). The average molecular weight is 267 g/mol. The van der Waals surface area contributed by atoms with Gasteiger partial charge < -0.3 is 16.0 Å². The van der Waals surface area contributed by atoms with E-state index in [4.69, 9.17) is 5.73 Å². The van der Waals surface area contributed by atoms with Crippen molar-refractivity contribution in [2.24, 2.45) is 11.1 Å². The number of likely N-dealkylation sites (N-methyl/N-ethyl adjacent to an activating group) is 1. The van der Waals surface area contributed by atoms with Gasteiger partial charge in [-0.15, -0.1) is 0 Å². The first-order valence-corrected chi connectivity index (χ1v) is 7.86. The van der Waals surface area contributed by atoms with Crippen molar-refractivity contribution in [3.63, 3.8) is 0 Å². The number of piperidine rings is 1.